The third kappa shape index (κ3) is 2.37. The summed E-state index contributed by atoms with van der Waals surface area (Å²) >= 11 is 0. The van der Waals surface area contributed by atoms with Crippen LogP contribution in [0.2, 0.25) is 0 Å². The Morgan fingerprint density at radius 3 is 3.05 bits per heavy atom. The van der Waals surface area contributed by atoms with Gasteiger partial charge in [-0.05, 0) is 25.3 Å². The molecule has 6 heteroatoms. The van der Waals surface area contributed by atoms with Crippen molar-refractivity contribution in [2.75, 3.05) is 19.7 Å². The molecule has 0 aliphatic carbocycles. The Labute approximate surface area is 112 Å². The second-order valence-electron chi connectivity index (χ2n) is 5.33. The molecule has 2 saturated heterocycles. The molecule has 0 unspecified atom stereocenters. The van der Waals surface area contributed by atoms with Gasteiger partial charge in [-0.15, -0.1) is 0 Å². The summed E-state index contributed by atoms with van der Waals surface area (Å²) in [6.07, 6.45) is 5.46. The molecule has 1 spiro atoms. The molecule has 2 fully saturated rings. The molecule has 19 heavy (non-hydrogen) atoms. The average Bonchev–Trinajstić information content (AvgIpc) is 3.05. The molecule has 1 aromatic heterocycles. The zero-order chi connectivity index (χ0) is 13.3. The molecule has 104 valence electrons. The molecule has 1 N–H and O–H groups in total. The second-order valence-corrected chi connectivity index (χ2v) is 5.33. The minimum absolute atomic E-state index is 0.00408. The monoisotopic (exact) mass is 265 g/mol. The van der Waals surface area contributed by atoms with Gasteiger partial charge in [-0.1, -0.05) is 0 Å². The highest BCUT2D eigenvalue weighted by Crippen LogP contribution is 2.35. The number of carbonyl (C=O) groups excluding carboxylic acids is 1. The van der Waals surface area contributed by atoms with Crippen LogP contribution in [0.4, 0.5) is 0 Å². The van der Waals surface area contributed by atoms with Gasteiger partial charge in [-0.3, -0.25) is 9.48 Å². The number of hydrogen-bond acceptors (Lipinski definition) is 4. The van der Waals surface area contributed by atoms with E-state index in [0.717, 1.165) is 25.9 Å². The molecule has 6 nitrogen and oxygen atoms in total. The maximum atomic E-state index is 12.1. The van der Waals surface area contributed by atoms with E-state index in [4.69, 9.17) is 4.74 Å². The van der Waals surface area contributed by atoms with E-state index in [1.165, 1.54) is 0 Å². The molecule has 3 heterocycles. The van der Waals surface area contributed by atoms with Crippen molar-refractivity contribution < 1.29 is 14.6 Å². The van der Waals surface area contributed by atoms with E-state index in [1.54, 1.807) is 28.0 Å². The topological polar surface area (TPSA) is 67.6 Å². The Morgan fingerprint density at radius 1 is 1.53 bits per heavy atom. The number of β-amino-alcohol motifs (C(OH)–C–C–N with tert-alkyl or cyclic N) is 1. The normalized spacial score (nSPS) is 31.0. The molecule has 1 amide bonds. The van der Waals surface area contributed by atoms with Crippen LogP contribution in [0.15, 0.2) is 18.5 Å². The third-order valence-corrected chi connectivity index (χ3v) is 4.15. The zero-order valence-electron chi connectivity index (χ0n) is 10.9. The summed E-state index contributed by atoms with van der Waals surface area (Å²) in [5, 5.41) is 14.3. The maximum absolute atomic E-state index is 12.1. The van der Waals surface area contributed by atoms with Crippen LogP contribution >= 0.6 is 0 Å². The number of rotatable bonds is 2. The lowest BCUT2D eigenvalue weighted by molar-refractivity contribution is -0.153. The van der Waals surface area contributed by atoms with Crippen LogP contribution in [0, 0.1) is 0 Å². The van der Waals surface area contributed by atoms with Crippen LogP contribution in [-0.2, 0) is 16.1 Å². The van der Waals surface area contributed by atoms with Crippen molar-refractivity contribution in [1.29, 1.82) is 0 Å². The molecule has 2 aliphatic heterocycles. The summed E-state index contributed by atoms with van der Waals surface area (Å²) in [6, 6.07) is 1.79. The lowest BCUT2D eigenvalue weighted by atomic mass is 9.86. The lowest BCUT2D eigenvalue weighted by Gasteiger charge is -2.42. The van der Waals surface area contributed by atoms with Gasteiger partial charge >= 0.3 is 0 Å². The van der Waals surface area contributed by atoms with Gasteiger partial charge in [-0.2, -0.15) is 5.10 Å². The Balaban J connectivity index is 1.60. The van der Waals surface area contributed by atoms with Crippen molar-refractivity contribution in [3.8, 4) is 0 Å². The Bertz CT molecular complexity index is 440. The number of likely N-dealkylation sites (tertiary alicyclic amines) is 1. The van der Waals surface area contributed by atoms with Crippen LogP contribution in [0.1, 0.15) is 19.3 Å². The van der Waals surface area contributed by atoms with E-state index in [2.05, 4.69) is 5.10 Å². The van der Waals surface area contributed by atoms with Crippen LogP contribution in [0.5, 0.6) is 0 Å². The molecule has 1 aromatic rings. The SMILES string of the molecule is O=C(Cn1cccn1)N1CC[C@@]2(CCCO2)[C@@H](O)C1. The number of amides is 1. The van der Waals surface area contributed by atoms with Crippen molar-refractivity contribution in [3.63, 3.8) is 0 Å². The van der Waals surface area contributed by atoms with Crippen molar-refractivity contribution in [2.45, 2.75) is 37.5 Å². The highest BCUT2D eigenvalue weighted by Gasteiger charge is 2.46. The highest BCUT2D eigenvalue weighted by atomic mass is 16.5. The van der Waals surface area contributed by atoms with Crippen LogP contribution in [0.3, 0.4) is 0 Å². The summed E-state index contributed by atoms with van der Waals surface area (Å²) in [5.41, 5.74) is -0.400. The van der Waals surface area contributed by atoms with E-state index in [9.17, 15) is 9.90 Å². The van der Waals surface area contributed by atoms with Gasteiger partial charge in [0.1, 0.15) is 12.6 Å². The van der Waals surface area contributed by atoms with Gasteiger partial charge in [0.05, 0.1) is 5.60 Å². The summed E-state index contributed by atoms with van der Waals surface area (Å²) in [7, 11) is 0. The molecular formula is C13H19N3O3. The highest BCUT2D eigenvalue weighted by molar-refractivity contribution is 5.76. The van der Waals surface area contributed by atoms with E-state index in [-0.39, 0.29) is 12.5 Å². The molecule has 0 saturated carbocycles. The van der Waals surface area contributed by atoms with E-state index in [1.807, 2.05) is 0 Å². The van der Waals surface area contributed by atoms with Crippen molar-refractivity contribution in [1.82, 2.24) is 14.7 Å². The number of piperidine rings is 1. The minimum Gasteiger partial charge on any atom is -0.388 e. The summed E-state index contributed by atoms with van der Waals surface area (Å²) in [4.78, 5) is 13.8. The van der Waals surface area contributed by atoms with Crippen LogP contribution < -0.4 is 0 Å². The van der Waals surface area contributed by atoms with Gasteiger partial charge < -0.3 is 14.7 Å². The zero-order valence-corrected chi connectivity index (χ0v) is 10.9. The fraction of sp³-hybridized carbons (Fsp3) is 0.692. The van der Waals surface area contributed by atoms with Gasteiger partial charge in [0.15, 0.2) is 0 Å². The van der Waals surface area contributed by atoms with Crippen molar-refractivity contribution in [3.05, 3.63) is 18.5 Å². The van der Waals surface area contributed by atoms with Crippen LogP contribution in [-0.4, -0.2) is 57.1 Å². The first kappa shape index (κ1) is 12.6. The minimum atomic E-state index is -0.578. The molecule has 2 atom stereocenters. The molecular weight excluding hydrogens is 246 g/mol. The first-order valence-corrected chi connectivity index (χ1v) is 6.77. The predicted octanol–water partition coefficient (Wildman–Crippen LogP) is 0.0255. The Hall–Kier alpha value is -1.40. The van der Waals surface area contributed by atoms with Gasteiger partial charge in [0, 0.05) is 32.1 Å². The largest absolute Gasteiger partial charge is 0.388 e. The Morgan fingerprint density at radius 2 is 2.42 bits per heavy atom. The van der Waals surface area contributed by atoms with Crippen molar-refractivity contribution in [2.24, 2.45) is 0 Å². The second kappa shape index (κ2) is 4.94. The summed E-state index contributed by atoms with van der Waals surface area (Å²) in [5.74, 6) is -0.00408. The fourth-order valence-electron chi connectivity index (χ4n) is 3.00. The van der Waals surface area contributed by atoms with Crippen LogP contribution in [0.25, 0.3) is 0 Å². The van der Waals surface area contributed by atoms with Gasteiger partial charge in [0.25, 0.3) is 0 Å². The van der Waals surface area contributed by atoms with E-state index in [0.29, 0.717) is 13.1 Å². The summed E-state index contributed by atoms with van der Waals surface area (Å²) in [6.45, 7) is 1.96. The fourth-order valence-corrected chi connectivity index (χ4v) is 3.00. The number of aliphatic hydroxyl groups is 1. The smallest absolute Gasteiger partial charge is 0.244 e. The molecule has 3 rings (SSSR count). The number of hydrogen-bond donors (Lipinski definition) is 1. The predicted molar refractivity (Wildman–Crippen MR) is 67.3 cm³/mol. The standard InChI is InChI=1S/C13H19N3O3/c17-11-9-15(7-4-13(11)3-1-8-19-13)12(18)10-16-6-2-5-14-16/h2,5-6,11,17H,1,3-4,7-10H2/t11-,13-/m0/s1. The first-order valence-electron chi connectivity index (χ1n) is 6.77. The summed E-state index contributed by atoms with van der Waals surface area (Å²) < 4.78 is 7.32. The number of nitrogens with zero attached hydrogens (tertiary/aromatic N) is 3. The third-order valence-electron chi connectivity index (χ3n) is 4.15. The number of carbonyl (C=O) groups is 1. The van der Waals surface area contributed by atoms with E-state index >= 15 is 0 Å². The number of aromatic nitrogens is 2. The Kier molecular flexibility index (Phi) is 3.28. The van der Waals surface area contributed by atoms with Crippen molar-refractivity contribution >= 4 is 5.91 Å². The average molecular weight is 265 g/mol. The lowest BCUT2D eigenvalue weighted by Crippen LogP contribution is -2.56. The molecule has 0 radical (unpaired) electrons. The molecule has 2 aliphatic rings. The van der Waals surface area contributed by atoms with Gasteiger partial charge in [0.2, 0.25) is 5.91 Å². The molecule has 0 bridgehead atoms. The maximum Gasteiger partial charge on any atom is 0.244 e. The number of aliphatic hydroxyl groups excluding tert-OH is 1. The molecule has 0 aromatic carbocycles. The van der Waals surface area contributed by atoms with Gasteiger partial charge in [-0.25, -0.2) is 0 Å². The number of ether oxygens (including phenoxy) is 1. The first-order chi connectivity index (χ1) is 9.20. The quantitative estimate of drug-likeness (QED) is 0.819. The van der Waals surface area contributed by atoms with E-state index < -0.39 is 11.7 Å².